The first kappa shape index (κ1) is 13.3. The molecule has 1 aliphatic rings. The number of carbonyl (C=O) groups is 2. The standard InChI is InChI=1S/C15H18N2O2/c1-3-13(18)16-10-11-4-6-12(7-5-11)14(19)17-15(2)8-9-15/h3-7H,1,8-10H2,2H3,(H,16,18)(H,17,19). The second-order valence-corrected chi connectivity index (χ2v) is 5.13. The van der Waals surface area contributed by atoms with Gasteiger partial charge in [0.25, 0.3) is 5.91 Å². The van der Waals surface area contributed by atoms with Gasteiger partial charge in [-0.05, 0) is 43.5 Å². The molecule has 0 aliphatic heterocycles. The van der Waals surface area contributed by atoms with Crippen LogP contribution in [-0.2, 0) is 11.3 Å². The lowest BCUT2D eigenvalue weighted by atomic mass is 10.1. The van der Waals surface area contributed by atoms with Crippen LogP contribution in [0.3, 0.4) is 0 Å². The maximum atomic E-state index is 11.9. The number of hydrogen-bond acceptors (Lipinski definition) is 2. The lowest BCUT2D eigenvalue weighted by molar-refractivity contribution is -0.116. The highest BCUT2D eigenvalue weighted by molar-refractivity contribution is 5.95. The van der Waals surface area contributed by atoms with Crippen molar-refractivity contribution in [3.05, 3.63) is 48.0 Å². The van der Waals surface area contributed by atoms with Gasteiger partial charge in [-0.15, -0.1) is 0 Å². The monoisotopic (exact) mass is 258 g/mol. The Balaban J connectivity index is 1.92. The number of nitrogens with one attached hydrogen (secondary N) is 2. The van der Waals surface area contributed by atoms with E-state index < -0.39 is 0 Å². The fourth-order valence-corrected chi connectivity index (χ4v) is 1.69. The summed E-state index contributed by atoms with van der Waals surface area (Å²) in [6.07, 6.45) is 3.33. The van der Waals surface area contributed by atoms with Gasteiger partial charge in [0, 0.05) is 17.6 Å². The first-order chi connectivity index (χ1) is 9.02. The first-order valence-electron chi connectivity index (χ1n) is 6.34. The lowest BCUT2D eigenvalue weighted by Gasteiger charge is -2.11. The fourth-order valence-electron chi connectivity index (χ4n) is 1.69. The molecule has 4 nitrogen and oxygen atoms in total. The Bertz CT molecular complexity index is 501. The van der Waals surface area contributed by atoms with E-state index in [-0.39, 0.29) is 17.4 Å². The summed E-state index contributed by atoms with van der Waals surface area (Å²) in [6, 6.07) is 7.23. The van der Waals surface area contributed by atoms with Gasteiger partial charge in [-0.3, -0.25) is 9.59 Å². The van der Waals surface area contributed by atoms with Crippen molar-refractivity contribution in [2.75, 3.05) is 0 Å². The summed E-state index contributed by atoms with van der Waals surface area (Å²) >= 11 is 0. The van der Waals surface area contributed by atoms with E-state index in [0.29, 0.717) is 12.1 Å². The maximum absolute atomic E-state index is 11.9. The predicted octanol–water partition coefficient (Wildman–Crippen LogP) is 1.77. The van der Waals surface area contributed by atoms with Gasteiger partial charge in [0.1, 0.15) is 0 Å². The molecular formula is C15H18N2O2. The molecule has 0 atom stereocenters. The van der Waals surface area contributed by atoms with E-state index in [1.807, 2.05) is 19.1 Å². The van der Waals surface area contributed by atoms with Gasteiger partial charge < -0.3 is 10.6 Å². The van der Waals surface area contributed by atoms with Gasteiger partial charge in [-0.25, -0.2) is 0 Å². The zero-order valence-electron chi connectivity index (χ0n) is 11.0. The quantitative estimate of drug-likeness (QED) is 0.791. The van der Waals surface area contributed by atoms with Crippen LogP contribution in [0.5, 0.6) is 0 Å². The third-order valence-electron chi connectivity index (χ3n) is 3.28. The zero-order chi connectivity index (χ0) is 13.9. The van der Waals surface area contributed by atoms with Crippen LogP contribution in [0.2, 0.25) is 0 Å². The Kier molecular flexibility index (Phi) is 3.69. The zero-order valence-corrected chi connectivity index (χ0v) is 11.0. The molecule has 2 rings (SSSR count). The molecule has 100 valence electrons. The lowest BCUT2D eigenvalue weighted by Crippen LogP contribution is -2.34. The summed E-state index contributed by atoms with van der Waals surface area (Å²) in [5, 5.41) is 5.69. The van der Waals surface area contributed by atoms with E-state index >= 15 is 0 Å². The Morgan fingerprint density at radius 3 is 2.47 bits per heavy atom. The average Bonchev–Trinajstić information content (AvgIpc) is 3.13. The average molecular weight is 258 g/mol. The summed E-state index contributed by atoms with van der Waals surface area (Å²) < 4.78 is 0. The van der Waals surface area contributed by atoms with Crippen molar-refractivity contribution in [2.24, 2.45) is 0 Å². The highest BCUT2D eigenvalue weighted by atomic mass is 16.2. The number of carbonyl (C=O) groups excluding carboxylic acids is 2. The molecule has 4 heteroatoms. The number of benzene rings is 1. The molecule has 0 radical (unpaired) electrons. The molecule has 19 heavy (non-hydrogen) atoms. The molecule has 1 saturated carbocycles. The van der Waals surface area contributed by atoms with Crippen molar-refractivity contribution in [1.29, 1.82) is 0 Å². The second-order valence-electron chi connectivity index (χ2n) is 5.13. The predicted molar refractivity (Wildman–Crippen MR) is 73.6 cm³/mol. The van der Waals surface area contributed by atoms with E-state index in [0.717, 1.165) is 18.4 Å². The third kappa shape index (κ3) is 3.68. The summed E-state index contributed by atoms with van der Waals surface area (Å²) in [6.45, 7) is 5.87. The van der Waals surface area contributed by atoms with Crippen molar-refractivity contribution in [3.8, 4) is 0 Å². The molecule has 1 aromatic rings. The summed E-state index contributed by atoms with van der Waals surface area (Å²) in [5.74, 6) is -0.245. The Morgan fingerprint density at radius 1 is 1.32 bits per heavy atom. The van der Waals surface area contributed by atoms with Crippen molar-refractivity contribution < 1.29 is 9.59 Å². The number of rotatable bonds is 5. The van der Waals surface area contributed by atoms with Crippen LogP contribution in [0.1, 0.15) is 35.7 Å². The number of amides is 2. The third-order valence-corrected chi connectivity index (χ3v) is 3.28. The molecule has 0 heterocycles. The van der Waals surface area contributed by atoms with E-state index in [2.05, 4.69) is 17.2 Å². The molecule has 1 aromatic carbocycles. The minimum Gasteiger partial charge on any atom is -0.348 e. The van der Waals surface area contributed by atoms with Gasteiger partial charge in [0.05, 0.1) is 0 Å². The molecular weight excluding hydrogens is 240 g/mol. The number of hydrogen-bond donors (Lipinski definition) is 2. The van der Waals surface area contributed by atoms with Crippen LogP contribution in [0.25, 0.3) is 0 Å². The molecule has 0 aromatic heterocycles. The van der Waals surface area contributed by atoms with E-state index in [1.165, 1.54) is 6.08 Å². The molecule has 0 bridgehead atoms. The van der Waals surface area contributed by atoms with Crippen LogP contribution in [0, 0.1) is 0 Å². The topological polar surface area (TPSA) is 58.2 Å². The van der Waals surface area contributed by atoms with Crippen LogP contribution in [0.15, 0.2) is 36.9 Å². The fraction of sp³-hybridized carbons (Fsp3) is 0.333. The Hall–Kier alpha value is -2.10. The van der Waals surface area contributed by atoms with E-state index in [4.69, 9.17) is 0 Å². The first-order valence-corrected chi connectivity index (χ1v) is 6.34. The van der Waals surface area contributed by atoms with Crippen molar-refractivity contribution in [2.45, 2.75) is 31.8 Å². The Morgan fingerprint density at radius 2 is 1.95 bits per heavy atom. The van der Waals surface area contributed by atoms with Crippen LogP contribution in [0.4, 0.5) is 0 Å². The summed E-state index contributed by atoms with van der Waals surface area (Å²) in [5.41, 5.74) is 1.59. The highest BCUT2D eigenvalue weighted by Crippen LogP contribution is 2.34. The molecule has 2 N–H and O–H groups in total. The minimum atomic E-state index is -0.205. The van der Waals surface area contributed by atoms with Crippen LogP contribution >= 0.6 is 0 Å². The SMILES string of the molecule is C=CC(=O)NCc1ccc(C(=O)NC2(C)CC2)cc1. The molecule has 0 saturated heterocycles. The van der Waals surface area contributed by atoms with Crippen molar-refractivity contribution in [1.82, 2.24) is 10.6 Å². The summed E-state index contributed by atoms with van der Waals surface area (Å²) in [7, 11) is 0. The van der Waals surface area contributed by atoms with Crippen molar-refractivity contribution in [3.63, 3.8) is 0 Å². The molecule has 1 aliphatic carbocycles. The largest absolute Gasteiger partial charge is 0.348 e. The molecule has 0 spiro atoms. The van der Waals surface area contributed by atoms with Gasteiger partial charge in [-0.1, -0.05) is 18.7 Å². The smallest absolute Gasteiger partial charge is 0.251 e. The molecule has 2 amide bonds. The maximum Gasteiger partial charge on any atom is 0.251 e. The molecule has 0 unspecified atom stereocenters. The summed E-state index contributed by atoms with van der Waals surface area (Å²) in [4.78, 5) is 23.0. The Labute approximate surface area is 112 Å². The van der Waals surface area contributed by atoms with Gasteiger partial charge in [0.2, 0.25) is 5.91 Å². The normalized spacial score (nSPS) is 15.4. The minimum absolute atomic E-state index is 0.00626. The van der Waals surface area contributed by atoms with E-state index in [1.54, 1.807) is 12.1 Å². The molecule has 1 fully saturated rings. The van der Waals surface area contributed by atoms with Gasteiger partial charge in [0.15, 0.2) is 0 Å². The van der Waals surface area contributed by atoms with E-state index in [9.17, 15) is 9.59 Å². The van der Waals surface area contributed by atoms with Gasteiger partial charge in [-0.2, -0.15) is 0 Å². The van der Waals surface area contributed by atoms with Crippen molar-refractivity contribution >= 4 is 11.8 Å². The highest BCUT2D eigenvalue weighted by Gasteiger charge is 2.38. The van der Waals surface area contributed by atoms with Gasteiger partial charge >= 0.3 is 0 Å². The van der Waals surface area contributed by atoms with Crippen LogP contribution in [-0.4, -0.2) is 17.4 Å². The van der Waals surface area contributed by atoms with Crippen LogP contribution < -0.4 is 10.6 Å². The second kappa shape index (κ2) is 5.26.